The quantitative estimate of drug-likeness (QED) is 0.371. The van der Waals surface area contributed by atoms with Crippen LogP contribution in [-0.4, -0.2) is 78.9 Å². The van der Waals surface area contributed by atoms with Crippen molar-refractivity contribution in [3.05, 3.63) is 54.4 Å². The first-order chi connectivity index (χ1) is 17.2. The predicted octanol–water partition coefficient (Wildman–Crippen LogP) is 2.51. The number of rotatable bonds is 10. The summed E-state index contributed by atoms with van der Waals surface area (Å²) in [5, 5.41) is 18.8. The fourth-order valence-electron chi connectivity index (χ4n) is 3.45. The summed E-state index contributed by atoms with van der Waals surface area (Å²) in [6.07, 6.45) is 0.0227. The lowest BCUT2D eigenvalue weighted by molar-refractivity contribution is 0.00723. The van der Waals surface area contributed by atoms with E-state index in [4.69, 9.17) is 19.3 Å². The monoisotopic (exact) mass is 519 g/mol. The third-order valence-corrected chi connectivity index (χ3v) is 6.28. The van der Waals surface area contributed by atoms with Gasteiger partial charge in [0.2, 0.25) is 5.90 Å². The molecular formula is C24H26FN3O7S. The smallest absolute Gasteiger partial charge is 0.233 e. The molecule has 2 aromatic heterocycles. The van der Waals surface area contributed by atoms with E-state index < -0.39 is 41.4 Å². The van der Waals surface area contributed by atoms with Crippen LogP contribution in [0.5, 0.6) is 17.2 Å². The molecule has 3 heterocycles. The lowest BCUT2D eigenvalue weighted by Crippen LogP contribution is -2.32. The molecule has 1 aliphatic heterocycles. The summed E-state index contributed by atoms with van der Waals surface area (Å²) in [6.45, 7) is 0.714. The molecule has 0 unspecified atom stereocenters. The van der Waals surface area contributed by atoms with Crippen LogP contribution in [0.25, 0.3) is 11.3 Å². The second-order valence-corrected chi connectivity index (χ2v) is 10.3. The zero-order valence-electron chi connectivity index (χ0n) is 19.6. The van der Waals surface area contributed by atoms with E-state index in [9.17, 15) is 17.9 Å². The maximum atomic E-state index is 13.1. The molecule has 0 aliphatic carbocycles. The molecule has 1 aliphatic rings. The van der Waals surface area contributed by atoms with Gasteiger partial charge in [-0.15, -0.1) is 0 Å². The van der Waals surface area contributed by atoms with Gasteiger partial charge in [-0.3, -0.25) is 0 Å². The highest BCUT2D eigenvalue weighted by Crippen LogP contribution is 2.33. The van der Waals surface area contributed by atoms with Gasteiger partial charge in [-0.2, -0.15) is 0 Å². The van der Waals surface area contributed by atoms with Gasteiger partial charge in [-0.25, -0.2) is 22.8 Å². The highest BCUT2D eigenvalue weighted by molar-refractivity contribution is 7.90. The Hall–Kier alpha value is -3.48. The topological polar surface area (TPSA) is 143 Å². The standard InChI is InChI=1S/C24H26FN3O7S/c1-14(10-25)33-17-7-15(8-18(9-17)34-16-3-6-23(26-11-16)36(2,31)32)19-4-5-20(28-19)24-27-12-22(35-24)21(30)13-29/h3-9,11,14,21-22,28-30H,10,12-13H2,1-2H3/t14-,21-,22+/m0/s1. The van der Waals surface area contributed by atoms with Crippen LogP contribution in [-0.2, 0) is 14.6 Å². The zero-order valence-corrected chi connectivity index (χ0v) is 20.4. The average molecular weight is 520 g/mol. The van der Waals surface area contributed by atoms with Gasteiger partial charge in [0.1, 0.15) is 47.9 Å². The number of ether oxygens (including phenoxy) is 3. The molecule has 36 heavy (non-hydrogen) atoms. The van der Waals surface area contributed by atoms with Crippen molar-refractivity contribution in [1.29, 1.82) is 0 Å². The van der Waals surface area contributed by atoms with Gasteiger partial charge < -0.3 is 29.4 Å². The molecule has 12 heteroatoms. The minimum atomic E-state index is -3.45. The van der Waals surface area contributed by atoms with Crippen LogP contribution in [0.15, 0.2) is 58.7 Å². The molecule has 0 spiro atoms. The molecule has 3 N–H and O–H groups in total. The molecule has 3 atom stereocenters. The van der Waals surface area contributed by atoms with Crippen molar-refractivity contribution in [2.75, 3.05) is 26.1 Å². The third-order valence-electron chi connectivity index (χ3n) is 5.28. The summed E-state index contributed by atoms with van der Waals surface area (Å²) in [7, 11) is -3.45. The van der Waals surface area contributed by atoms with Crippen LogP contribution >= 0.6 is 0 Å². The highest BCUT2D eigenvalue weighted by Gasteiger charge is 2.28. The minimum Gasteiger partial charge on any atom is -0.488 e. The minimum absolute atomic E-state index is 0.0749. The lowest BCUT2D eigenvalue weighted by Gasteiger charge is -2.15. The third kappa shape index (κ3) is 6.01. The normalized spacial score (nSPS) is 17.2. The Morgan fingerprint density at radius 1 is 1.17 bits per heavy atom. The van der Waals surface area contributed by atoms with E-state index in [1.165, 1.54) is 18.3 Å². The molecule has 0 fully saturated rings. The molecule has 0 bridgehead atoms. The molecule has 0 saturated heterocycles. The number of hydrogen-bond donors (Lipinski definition) is 3. The number of sulfone groups is 1. The van der Waals surface area contributed by atoms with Crippen molar-refractivity contribution in [2.24, 2.45) is 4.99 Å². The number of aliphatic hydroxyl groups is 2. The second-order valence-electron chi connectivity index (χ2n) is 8.32. The number of pyridine rings is 1. The van der Waals surface area contributed by atoms with Gasteiger partial charge >= 0.3 is 0 Å². The summed E-state index contributed by atoms with van der Waals surface area (Å²) in [5.41, 5.74) is 1.89. The van der Waals surface area contributed by atoms with Crippen LogP contribution in [0, 0.1) is 0 Å². The Kier molecular flexibility index (Phi) is 7.57. The van der Waals surface area contributed by atoms with E-state index in [2.05, 4.69) is 15.0 Å². The fourth-order valence-corrected chi connectivity index (χ4v) is 4.01. The number of halogens is 1. The molecule has 0 saturated carbocycles. The highest BCUT2D eigenvalue weighted by atomic mass is 32.2. The van der Waals surface area contributed by atoms with Crippen molar-refractivity contribution < 1.29 is 37.2 Å². The van der Waals surface area contributed by atoms with E-state index in [0.29, 0.717) is 40.1 Å². The average Bonchev–Trinajstić information content (AvgIpc) is 3.53. The Balaban J connectivity index is 1.60. The van der Waals surface area contributed by atoms with Crippen LogP contribution in [0.3, 0.4) is 0 Å². The Bertz CT molecular complexity index is 1340. The van der Waals surface area contributed by atoms with E-state index in [1.807, 2.05) is 0 Å². The molecule has 192 valence electrons. The van der Waals surface area contributed by atoms with Crippen LogP contribution < -0.4 is 9.47 Å². The first-order valence-electron chi connectivity index (χ1n) is 11.1. The molecule has 4 rings (SSSR count). The lowest BCUT2D eigenvalue weighted by atomic mass is 10.1. The van der Waals surface area contributed by atoms with Crippen LogP contribution in [0.4, 0.5) is 4.39 Å². The predicted molar refractivity (Wildman–Crippen MR) is 129 cm³/mol. The summed E-state index contributed by atoms with van der Waals surface area (Å²) < 4.78 is 53.6. The number of H-pyrrole nitrogens is 1. The first-order valence-corrected chi connectivity index (χ1v) is 13.0. The van der Waals surface area contributed by atoms with Crippen molar-refractivity contribution in [3.8, 4) is 28.5 Å². The Morgan fingerprint density at radius 2 is 1.92 bits per heavy atom. The van der Waals surface area contributed by atoms with Gasteiger partial charge in [-0.05, 0) is 43.3 Å². The van der Waals surface area contributed by atoms with Gasteiger partial charge in [0.05, 0.1) is 19.3 Å². The van der Waals surface area contributed by atoms with Crippen molar-refractivity contribution in [1.82, 2.24) is 9.97 Å². The number of aliphatic hydroxyl groups excluding tert-OH is 2. The van der Waals surface area contributed by atoms with E-state index >= 15 is 0 Å². The molecular weight excluding hydrogens is 493 g/mol. The van der Waals surface area contributed by atoms with Crippen LogP contribution in [0.1, 0.15) is 12.6 Å². The zero-order chi connectivity index (χ0) is 25.9. The number of aliphatic imine (C=N–C) groups is 1. The molecule has 1 aromatic carbocycles. The van der Waals surface area contributed by atoms with Gasteiger partial charge in [0.15, 0.2) is 14.9 Å². The van der Waals surface area contributed by atoms with Gasteiger partial charge in [0, 0.05) is 23.6 Å². The Labute approximate surface area is 207 Å². The maximum Gasteiger partial charge on any atom is 0.233 e. The first kappa shape index (κ1) is 25.6. The number of nitrogens with zero attached hydrogens (tertiary/aromatic N) is 2. The van der Waals surface area contributed by atoms with E-state index in [-0.39, 0.29) is 11.6 Å². The molecule has 10 nitrogen and oxygen atoms in total. The summed E-state index contributed by atoms with van der Waals surface area (Å²) in [6, 6.07) is 11.4. The van der Waals surface area contributed by atoms with Crippen molar-refractivity contribution >= 4 is 15.7 Å². The Morgan fingerprint density at radius 3 is 2.58 bits per heavy atom. The molecule has 3 aromatic rings. The number of aromatic amines is 1. The summed E-state index contributed by atoms with van der Waals surface area (Å²) in [4.78, 5) is 11.4. The molecule has 0 radical (unpaired) electrons. The van der Waals surface area contributed by atoms with Gasteiger partial charge in [-0.1, -0.05) is 0 Å². The maximum absolute atomic E-state index is 13.1. The van der Waals surface area contributed by atoms with Gasteiger partial charge in [0.25, 0.3) is 0 Å². The fraction of sp³-hybridized carbons (Fsp3) is 0.333. The number of nitrogens with one attached hydrogen (secondary N) is 1. The van der Waals surface area contributed by atoms with E-state index in [1.54, 1.807) is 37.3 Å². The number of alkyl halides is 1. The van der Waals surface area contributed by atoms with Crippen molar-refractivity contribution in [2.45, 2.75) is 30.3 Å². The number of hydrogen-bond acceptors (Lipinski definition) is 9. The largest absolute Gasteiger partial charge is 0.488 e. The second kappa shape index (κ2) is 10.6. The summed E-state index contributed by atoms with van der Waals surface area (Å²) in [5.74, 6) is 1.34. The summed E-state index contributed by atoms with van der Waals surface area (Å²) >= 11 is 0. The number of aromatic nitrogens is 2. The molecule has 0 amide bonds. The van der Waals surface area contributed by atoms with E-state index in [0.717, 1.165) is 6.26 Å². The van der Waals surface area contributed by atoms with Crippen LogP contribution in [0.2, 0.25) is 0 Å². The number of benzene rings is 1. The van der Waals surface area contributed by atoms with Crippen molar-refractivity contribution in [3.63, 3.8) is 0 Å². The SMILES string of the molecule is C[C@@H](CF)Oc1cc(Oc2ccc(S(C)(=O)=O)nc2)cc(-c2ccc(C3=NC[C@H]([C@@H](O)CO)O3)[nH]2)c1.